The first-order chi connectivity index (χ1) is 12.2. The predicted molar refractivity (Wildman–Crippen MR) is 90.2 cm³/mol. The van der Waals surface area contributed by atoms with E-state index >= 15 is 0 Å². The molecule has 1 fully saturated rings. The average molecular weight is 341 g/mol. The van der Waals surface area contributed by atoms with E-state index in [4.69, 9.17) is 0 Å². The fourth-order valence-electron chi connectivity index (χ4n) is 3.34. The number of aromatic nitrogens is 2. The monoisotopic (exact) mass is 341 g/mol. The molecule has 1 saturated carbocycles. The number of aliphatic imine (C=N–C) groups is 1. The van der Waals surface area contributed by atoms with Crippen molar-refractivity contribution in [3.8, 4) is 0 Å². The number of aliphatic hydroxyl groups is 2. The number of imidazole rings is 1. The van der Waals surface area contributed by atoms with E-state index in [1.807, 2.05) is 6.07 Å². The second kappa shape index (κ2) is 6.30. The van der Waals surface area contributed by atoms with E-state index in [-0.39, 0.29) is 24.5 Å². The Morgan fingerprint density at radius 1 is 1.36 bits per heavy atom. The summed E-state index contributed by atoms with van der Waals surface area (Å²) in [5.41, 5.74) is 1.15. The molecule has 1 aromatic heterocycles. The molecule has 4 N–H and O–H groups in total. The number of amides is 1. The van der Waals surface area contributed by atoms with Crippen LogP contribution < -0.4 is 5.32 Å². The third-order valence-electron chi connectivity index (χ3n) is 4.87. The molecule has 2 aliphatic rings. The lowest BCUT2D eigenvalue weighted by molar-refractivity contribution is -0.0805. The van der Waals surface area contributed by atoms with Crippen LogP contribution in [-0.4, -0.2) is 56.1 Å². The Kier molecular flexibility index (Phi) is 3.98. The molecule has 1 aliphatic carbocycles. The SMILES string of the molecule is O=C(NC1c2nc[nH]c2N=CN1C1CC(CO)C1O)c1ccccc1. The van der Waals surface area contributed by atoms with Crippen molar-refractivity contribution in [3.05, 3.63) is 47.9 Å². The molecule has 4 unspecified atom stereocenters. The smallest absolute Gasteiger partial charge is 0.253 e. The van der Waals surface area contributed by atoms with Gasteiger partial charge in [0.1, 0.15) is 5.69 Å². The van der Waals surface area contributed by atoms with Crippen molar-refractivity contribution in [2.75, 3.05) is 6.61 Å². The van der Waals surface area contributed by atoms with Gasteiger partial charge in [0.2, 0.25) is 0 Å². The first-order valence-electron chi connectivity index (χ1n) is 8.18. The number of hydrogen-bond donors (Lipinski definition) is 4. The second-order valence-electron chi connectivity index (χ2n) is 6.31. The van der Waals surface area contributed by atoms with Gasteiger partial charge in [-0.05, 0) is 18.6 Å². The van der Waals surface area contributed by atoms with Crippen LogP contribution in [0.2, 0.25) is 0 Å². The van der Waals surface area contributed by atoms with Crippen LogP contribution in [0.1, 0.15) is 28.6 Å². The highest BCUT2D eigenvalue weighted by Gasteiger charge is 2.46. The molecule has 2 aromatic rings. The molecule has 2 heterocycles. The van der Waals surface area contributed by atoms with Crippen molar-refractivity contribution in [1.29, 1.82) is 0 Å². The number of nitrogens with one attached hydrogen (secondary N) is 2. The van der Waals surface area contributed by atoms with Crippen LogP contribution in [0.3, 0.4) is 0 Å². The Hall–Kier alpha value is -2.71. The van der Waals surface area contributed by atoms with Gasteiger partial charge in [0, 0.05) is 18.1 Å². The summed E-state index contributed by atoms with van der Waals surface area (Å²) in [6.07, 6.45) is 2.55. The van der Waals surface area contributed by atoms with Gasteiger partial charge in [-0.1, -0.05) is 18.2 Å². The highest BCUT2D eigenvalue weighted by atomic mass is 16.3. The van der Waals surface area contributed by atoms with Crippen LogP contribution in [0.15, 0.2) is 41.7 Å². The Balaban J connectivity index is 1.59. The van der Waals surface area contributed by atoms with Crippen LogP contribution in [0, 0.1) is 5.92 Å². The predicted octanol–water partition coefficient (Wildman–Crippen LogP) is 0.555. The van der Waals surface area contributed by atoms with Gasteiger partial charge in [-0.25, -0.2) is 9.98 Å². The first-order valence-corrected chi connectivity index (χ1v) is 8.18. The van der Waals surface area contributed by atoms with Crippen molar-refractivity contribution in [2.45, 2.75) is 24.7 Å². The van der Waals surface area contributed by atoms with Crippen LogP contribution in [0.4, 0.5) is 5.82 Å². The molecule has 4 atom stereocenters. The van der Waals surface area contributed by atoms with E-state index in [1.165, 1.54) is 6.33 Å². The summed E-state index contributed by atoms with van der Waals surface area (Å²) >= 11 is 0. The van der Waals surface area contributed by atoms with Gasteiger partial charge in [0.25, 0.3) is 5.91 Å². The second-order valence-corrected chi connectivity index (χ2v) is 6.31. The summed E-state index contributed by atoms with van der Waals surface area (Å²) in [5, 5.41) is 22.5. The number of carbonyl (C=O) groups excluding carboxylic acids is 1. The normalized spacial score (nSPS) is 27.5. The van der Waals surface area contributed by atoms with Gasteiger partial charge >= 0.3 is 0 Å². The van der Waals surface area contributed by atoms with Crippen molar-refractivity contribution in [1.82, 2.24) is 20.2 Å². The molecular weight excluding hydrogens is 322 g/mol. The highest BCUT2D eigenvalue weighted by molar-refractivity contribution is 5.94. The summed E-state index contributed by atoms with van der Waals surface area (Å²) in [5.74, 6) is 0.207. The molecule has 0 saturated heterocycles. The largest absolute Gasteiger partial charge is 0.396 e. The molecule has 130 valence electrons. The molecule has 0 bridgehead atoms. The van der Waals surface area contributed by atoms with Crippen LogP contribution >= 0.6 is 0 Å². The lowest BCUT2D eigenvalue weighted by Crippen LogP contribution is -2.60. The standard InChI is InChI=1S/C17H19N5O3/c23-7-11-6-12(14(11)24)22-9-20-15-13(18-8-19-15)16(22)21-17(25)10-4-2-1-3-5-10/h1-5,8-9,11-12,14,16,23-24H,6-7H2,(H,18,19)(H,21,25). The van der Waals surface area contributed by atoms with Gasteiger partial charge in [-0.15, -0.1) is 0 Å². The summed E-state index contributed by atoms with van der Waals surface area (Å²) in [6.45, 7) is -0.0582. The molecule has 1 aliphatic heterocycles. The molecule has 0 radical (unpaired) electrons. The number of aromatic amines is 1. The third-order valence-corrected chi connectivity index (χ3v) is 4.87. The Morgan fingerprint density at radius 3 is 2.88 bits per heavy atom. The summed E-state index contributed by atoms with van der Waals surface area (Å²) < 4.78 is 0. The highest BCUT2D eigenvalue weighted by Crippen LogP contribution is 2.38. The number of benzene rings is 1. The Bertz CT molecular complexity index is 791. The minimum absolute atomic E-state index is 0.0582. The zero-order valence-corrected chi connectivity index (χ0v) is 13.4. The molecule has 8 nitrogen and oxygen atoms in total. The zero-order chi connectivity index (χ0) is 17.4. The topological polar surface area (TPSA) is 114 Å². The minimum Gasteiger partial charge on any atom is -0.396 e. The lowest BCUT2D eigenvalue weighted by atomic mass is 9.76. The summed E-state index contributed by atoms with van der Waals surface area (Å²) in [6, 6.07) is 8.70. The van der Waals surface area contributed by atoms with Crippen molar-refractivity contribution in [2.24, 2.45) is 10.9 Å². The summed E-state index contributed by atoms with van der Waals surface area (Å²) in [4.78, 5) is 25.9. The molecule has 1 aromatic carbocycles. The fraction of sp³-hybridized carbons (Fsp3) is 0.353. The number of aliphatic hydroxyl groups excluding tert-OH is 2. The number of rotatable bonds is 4. The van der Waals surface area contributed by atoms with Crippen molar-refractivity contribution < 1.29 is 15.0 Å². The molecule has 1 amide bonds. The van der Waals surface area contributed by atoms with Gasteiger partial charge in [-0.2, -0.15) is 0 Å². The fourth-order valence-corrected chi connectivity index (χ4v) is 3.34. The van der Waals surface area contributed by atoms with E-state index in [9.17, 15) is 15.0 Å². The van der Waals surface area contributed by atoms with Gasteiger partial charge < -0.3 is 25.4 Å². The third kappa shape index (κ3) is 2.69. The van der Waals surface area contributed by atoms with Crippen LogP contribution in [0.25, 0.3) is 0 Å². The van der Waals surface area contributed by atoms with Gasteiger partial charge in [0.15, 0.2) is 12.0 Å². The maximum absolute atomic E-state index is 12.6. The van der Waals surface area contributed by atoms with Crippen LogP contribution in [0.5, 0.6) is 0 Å². The molecular formula is C17H19N5O3. The molecule has 8 heteroatoms. The number of hydrogen-bond acceptors (Lipinski definition) is 6. The van der Waals surface area contributed by atoms with Crippen molar-refractivity contribution in [3.63, 3.8) is 0 Å². The van der Waals surface area contributed by atoms with E-state index in [0.717, 1.165) is 0 Å². The molecule has 4 rings (SSSR count). The first kappa shape index (κ1) is 15.8. The number of carbonyl (C=O) groups is 1. The van der Waals surface area contributed by atoms with E-state index in [1.54, 1.807) is 35.5 Å². The maximum Gasteiger partial charge on any atom is 0.253 e. The minimum atomic E-state index is -0.673. The zero-order valence-electron chi connectivity index (χ0n) is 13.4. The van der Waals surface area contributed by atoms with Gasteiger partial charge in [0.05, 0.1) is 24.8 Å². The van der Waals surface area contributed by atoms with Crippen LogP contribution in [-0.2, 0) is 0 Å². The Morgan fingerprint density at radius 2 is 2.16 bits per heavy atom. The quantitative estimate of drug-likeness (QED) is 0.649. The van der Waals surface area contributed by atoms with E-state index < -0.39 is 12.3 Å². The van der Waals surface area contributed by atoms with E-state index in [0.29, 0.717) is 23.5 Å². The van der Waals surface area contributed by atoms with Gasteiger partial charge in [-0.3, -0.25) is 4.79 Å². The number of H-pyrrole nitrogens is 1. The van der Waals surface area contributed by atoms with E-state index in [2.05, 4.69) is 20.3 Å². The number of fused-ring (bicyclic) bond motifs is 1. The maximum atomic E-state index is 12.6. The lowest BCUT2D eigenvalue weighted by Gasteiger charge is -2.49. The molecule has 0 spiro atoms. The summed E-state index contributed by atoms with van der Waals surface area (Å²) in [7, 11) is 0. The van der Waals surface area contributed by atoms with Crippen molar-refractivity contribution >= 4 is 18.1 Å². The number of nitrogens with zero attached hydrogens (tertiary/aromatic N) is 3. The average Bonchev–Trinajstić information content (AvgIpc) is 3.12. The molecule has 25 heavy (non-hydrogen) atoms. The Labute approximate surface area is 144 Å².